The molecule has 12 nitrogen and oxygen atoms in total. The van der Waals surface area contributed by atoms with Crippen molar-refractivity contribution in [3.8, 4) is 0 Å². The van der Waals surface area contributed by atoms with Gasteiger partial charge in [-0.15, -0.1) is 0 Å². The first-order valence-electron chi connectivity index (χ1n) is 7.97. The molecule has 29 heavy (non-hydrogen) atoms. The van der Waals surface area contributed by atoms with E-state index < -0.39 is 41.0 Å². The highest BCUT2D eigenvalue weighted by molar-refractivity contribution is 6.03. The average molecular weight is 418 g/mol. The first kappa shape index (κ1) is 27.7. The second-order valence-corrected chi connectivity index (χ2v) is 5.12. The maximum atomic E-state index is 10.6. The largest absolute Gasteiger partial charge is 0.481 e. The van der Waals surface area contributed by atoms with Crippen LogP contribution in [0.3, 0.4) is 0 Å². The monoisotopic (exact) mass is 418 g/mol. The lowest BCUT2D eigenvalue weighted by Crippen LogP contribution is -2.10. The van der Waals surface area contributed by atoms with E-state index in [0.29, 0.717) is 12.8 Å². The standard InChI is InChI=1S/C9H6O6.C6H10O4.C2H6O2/c10-7(11)4-1-2-5(8(12)13)6(3-4)9(14)15;7-5(8)3-1-2-4-6(9)10;3-1-2-4/h1-3H,(H,10,11)(H,12,13)(H,14,15);1-4H2,(H,7,8)(H,9,10);3-4H,1-2H2. The number of hydrogen-bond acceptors (Lipinski definition) is 7. The number of unbranched alkanes of at least 4 members (excludes halogenated alkanes) is 1. The molecule has 0 atom stereocenters. The number of aliphatic hydroxyl groups is 2. The van der Waals surface area contributed by atoms with Crippen LogP contribution in [-0.2, 0) is 9.59 Å². The van der Waals surface area contributed by atoms with Gasteiger partial charge in [-0.05, 0) is 31.0 Å². The van der Waals surface area contributed by atoms with Crippen LogP contribution in [0.5, 0.6) is 0 Å². The quantitative estimate of drug-likeness (QED) is 0.271. The van der Waals surface area contributed by atoms with Crippen LogP contribution >= 0.6 is 0 Å². The molecule has 7 N–H and O–H groups in total. The van der Waals surface area contributed by atoms with Crippen molar-refractivity contribution >= 4 is 29.8 Å². The number of aliphatic hydroxyl groups excluding tert-OH is 2. The second kappa shape index (κ2) is 15.5. The minimum atomic E-state index is -1.48. The van der Waals surface area contributed by atoms with Crippen LogP contribution in [0.25, 0.3) is 0 Å². The van der Waals surface area contributed by atoms with Crippen molar-refractivity contribution in [3.05, 3.63) is 34.9 Å². The number of rotatable bonds is 9. The topological polar surface area (TPSA) is 227 Å². The summed E-state index contributed by atoms with van der Waals surface area (Å²) in [6, 6.07) is 2.81. The van der Waals surface area contributed by atoms with E-state index in [1.54, 1.807) is 0 Å². The van der Waals surface area contributed by atoms with E-state index in [0.717, 1.165) is 18.2 Å². The molecule has 0 saturated heterocycles. The fourth-order valence-corrected chi connectivity index (χ4v) is 1.59. The van der Waals surface area contributed by atoms with Gasteiger partial charge in [0.1, 0.15) is 0 Å². The van der Waals surface area contributed by atoms with Crippen LogP contribution in [0.15, 0.2) is 18.2 Å². The summed E-state index contributed by atoms with van der Waals surface area (Å²) in [5, 5.41) is 57.4. The summed E-state index contributed by atoms with van der Waals surface area (Å²) >= 11 is 0. The predicted octanol–water partition coefficient (Wildman–Crippen LogP) is 0.468. The van der Waals surface area contributed by atoms with E-state index in [1.165, 1.54) is 0 Å². The molecule has 12 heteroatoms. The summed E-state index contributed by atoms with van der Waals surface area (Å²) in [5.41, 5.74) is -1.24. The number of aromatic carboxylic acids is 3. The molecule has 0 radical (unpaired) electrons. The van der Waals surface area contributed by atoms with E-state index in [1.807, 2.05) is 0 Å². The van der Waals surface area contributed by atoms with Gasteiger partial charge in [-0.25, -0.2) is 14.4 Å². The van der Waals surface area contributed by atoms with Gasteiger partial charge in [0.15, 0.2) is 0 Å². The number of carboxylic acids is 5. The molecule has 0 aliphatic heterocycles. The Balaban J connectivity index is 0. The van der Waals surface area contributed by atoms with Gasteiger partial charge in [0, 0.05) is 12.8 Å². The summed E-state index contributed by atoms with van der Waals surface area (Å²) in [6.07, 6.45) is 1.02. The average Bonchev–Trinajstić information content (AvgIpc) is 2.65. The number of carboxylic acid groups (broad SMARTS) is 5. The van der Waals surface area contributed by atoms with Crippen molar-refractivity contribution in [3.63, 3.8) is 0 Å². The molecule has 0 heterocycles. The van der Waals surface area contributed by atoms with Crippen LogP contribution in [0.1, 0.15) is 56.8 Å². The van der Waals surface area contributed by atoms with Crippen molar-refractivity contribution in [2.45, 2.75) is 25.7 Å². The van der Waals surface area contributed by atoms with Crippen LogP contribution in [0, 0.1) is 0 Å². The summed E-state index contributed by atoms with van der Waals surface area (Å²) in [5.74, 6) is -5.94. The normalized spacial score (nSPS) is 9.17. The lowest BCUT2D eigenvalue weighted by atomic mass is 10.0. The van der Waals surface area contributed by atoms with E-state index in [2.05, 4.69) is 0 Å². The van der Waals surface area contributed by atoms with Gasteiger partial charge >= 0.3 is 29.8 Å². The smallest absolute Gasteiger partial charge is 0.336 e. The number of aliphatic carboxylic acids is 2. The molecule has 0 unspecified atom stereocenters. The Morgan fingerprint density at radius 3 is 1.31 bits per heavy atom. The van der Waals surface area contributed by atoms with Gasteiger partial charge in [0.2, 0.25) is 0 Å². The second-order valence-electron chi connectivity index (χ2n) is 5.12. The Morgan fingerprint density at radius 1 is 0.621 bits per heavy atom. The van der Waals surface area contributed by atoms with Crippen molar-refractivity contribution in [1.29, 1.82) is 0 Å². The molecule has 1 aromatic rings. The van der Waals surface area contributed by atoms with Gasteiger partial charge in [0.05, 0.1) is 29.9 Å². The summed E-state index contributed by atoms with van der Waals surface area (Å²) < 4.78 is 0. The molecule has 0 aliphatic rings. The van der Waals surface area contributed by atoms with Crippen molar-refractivity contribution in [2.24, 2.45) is 0 Å². The molecule has 0 bridgehead atoms. The van der Waals surface area contributed by atoms with Gasteiger partial charge in [-0.1, -0.05) is 0 Å². The molecule has 0 spiro atoms. The third-order valence-electron chi connectivity index (χ3n) is 2.86. The number of benzene rings is 1. The van der Waals surface area contributed by atoms with Crippen LogP contribution in [0.2, 0.25) is 0 Å². The highest BCUT2D eigenvalue weighted by atomic mass is 16.4. The highest BCUT2D eigenvalue weighted by Gasteiger charge is 2.17. The molecular weight excluding hydrogens is 396 g/mol. The predicted molar refractivity (Wildman–Crippen MR) is 95.2 cm³/mol. The molecule has 162 valence electrons. The molecule has 0 saturated carbocycles. The van der Waals surface area contributed by atoms with Crippen molar-refractivity contribution < 1.29 is 59.7 Å². The number of carbonyl (C=O) groups is 5. The Hall–Kier alpha value is -3.51. The molecule has 1 aromatic carbocycles. The van der Waals surface area contributed by atoms with Gasteiger partial charge < -0.3 is 35.7 Å². The third-order valence-corrected chi connectivity index (χ3v) is 2.86. The SMILES string of the molecule is O=C(O)CCCCC(=O)O.O=C(O)c1ccc(C(=O)O)c(C(=O)O)c1.OCCO. The minimum Gasteiger partial charge on any atom is -0.481 e. The zero-order valence-corrected chi connectivity index (χ0v) is 15.1. The molecular formula is C17H22O12. The highest BCUT2D eigenvalue weighted by Crippen LogP contribution is 2.12. The van der Waals surface area contributed by atoms with Crippen LogP contribution < -0.4 is 0 Å². The maximum absolute atomic E-state index is 10.6. The first-order valence-corrected chi connectivity index (χ1v) is 7.97. The lowest BCUT2D eigenvalue weighted by Gasteiger charge is -2.02. The van der Waals surface area contributed by atoms with Crippen molar-refractivity contribution in [2.75, 3.05) is 13.2 Å². The van der Waals surface area contributed by atoms with Gasteiger partial charge in [-0.2, -0.15) is 0 Å². The molecule has 0 aromatic heterocycles. The van der Waals surface area contributed by atoms with Crippen LogP contribution in [-0.4, -0.2) is 78.8 Å². The zero-order valence-electron chi connectivity index (χ0n) is 15.1. The molecule has 0 aliphatic carbocycles. The van der Waals surface area contributed by atoms with Gasteiger partial charge in [0.25, 0.3) is 0 Å². The number of hydrogen-bond donors (Lipinski definition) is 7. The Labute approximate surface area is 164 Å². The Kier molecular flexibility index (Phi) is 14.8. The summed E-state index contributed by atoms with van der Waals surface area (Å²) in [7, 11) is 0. The zero-order chi connectivity index (χ0) is 23.0. The third kappa shape index (κ3) is 14.2. The lowest BCUT2D eigenvalue weighted by molar-refractivity contribution is -0.139. The molecule has 1 rings (SSSR count). The summed E-state index contributed by atoms with van der Waals surface area (Å²) in [6.45, 7) is -0.250. The van der Waals surface area contributed by atoms with E-state index >= 15 is 0 Å². The van der Waals surface area contributed by atoms with Crippen LogP contribution in [0.4, 0.5) is 0 Å². The molecule has 0 amide bonds. The van der Waals surface area contributed by atoms with Gasteiger partial charge in [-0.3, -0.25) is 9.59 Å². The molecule has 0 fully saturated rings. The summed E-state index contributed by atoms with van der Waals surface area (Å²) in [4.78, 5) is 51.6. The van der Waals surface area contributed by atoms with Crippen molar-refractivity contribution in [1.82, 2.24) is 0 Å². The van der Waals surface area contributed by atoms with E-state index in [4.69, 9.17) is 35.7 Å². The fraction of sp³-hybridized carbons (Fsp3) is 0.353. The minimum absolute atomic E-state index is 0.0628. The Morgan fingerprint density at radius 2 is 1.03 bits per heavy atom. The Bertz CT molecular complexity index is 692. The fourth-order valence-electron chi connectivity index (χ4n) is 1.59. The van der Waals surface area contributed by atoms with E-state index in [9.17, 15) is 24.0 Å². The van der Waals surface area contributed by atoms with E-state index in [-0.39, 0.29) is 31.6 Å². The maximum Gasteiger partial charge on any atom is 0.336 e. The first-order chi connectivity index (χ1) is 13.5.